The highest BCUT2D eigenvalue weighted by Gasteiger charge is 2.52. The number of aliphatic imine (C=N–C) groups is 1. The molecule has 0 radical (unpaired) electrons. The van der Waals surface area contributed by atoms with Crippen LogP contribution in [0.3, 0.4) is 0 Å². The first-order chi connectivity index (χ1) is 17.5. The van der Waals surface area contributed by atoms with Crippen molar-refractivity contribution < 1.29 is 9.90 Å². The number of aromatic hydroxyl groups is 1. The number of carbonyl (C=O) groups is 1. The van der Waals surface area contributed by atoms with E-state index in [1.807, 2.05) is 18.2 Å². The Bertz CT molecular complexity index is 1240. The monoisotopic (exact) mass is 498 g/mol. The van der Waals surface area contributed by atoms with Gasteiger partial charge in [-0.25, -0.2) is 0 Å². The van der Waals surface area contributed by atoms with Crippen LogP contribution in [0, 0.1) is 17.8 Å². The highest BCUT2D eigenvalue weighted by Crippen LogP contribution is 2.62. The zero-order valence-electron chi connectivity index (χ0n) is 20.8. The molecule has 2 aromatic rings. The molecule has 4 bridgehead atoms. The second kappa shape index (κ2) is 8.79. The van der Waals surface area contributed by atoms with Crippen molar-refractivity contribution in [2.45, 2.75) is 63.2 Å². The average molecular weight is 499 g/mol. The lowest BCUT2D eigenvalue weighted by atomic mass is 9.48. The van der Waals surface area contributed by atoms with E-state index in [9.17, 15) is 9.90 Å². The van der Waals surface area contributed by atoms with Crippen molar-refractivity contribution in [3.05, 3.63) is 58.5 Å². The predicted molar refractivity (Wildman–Crippen MR) is 147 cm³/mol. The van der Waals surface area contributed by atoms with E-state index in [-0.39, 0.29) is 11.3 Å². The number of rotatable bonds is 3. The Labute approximate surface area is 217 Å². The van der Waals surface area contributed by atoms with E-state index in [1.54, 1.807) is 0 Å². The average Bonchev–Trinajstić information content (AvgIpc) is 3.24. The van der Waals surface area contributed by atoms with Crippen molar-refractivity contribution in [1.29, 1.82) is 0 Å². The SMILES string of the molecule is O=C1N=C(N2CCCCC2)S/C1=C\c1cccc(-c2ccc(O)c(C34CC5CC(CC(C5)C3)C4)c2)c1. The van der Waals surface area contributed by atoms with Crippen LogP contribution >= 0.6 is 11.8 Å². The van der Waals surface area contributed by atoms with Gasteiger partial charge < -0.3 is 10.0 Å². The fraction of sp³-hybridized carbons (Fsp3) is 0.484. The van der Waals surface area contributed by atoms with Crippen molar-refractivity contribution in [3.63, 3.8) is 0 Å². The second-order valence-electron chi connectivity index (χ2n) is 11.9. The summed E-state index contributed by atoms with van der Waals surface area (Å²) in [6.07, 6.45) is 13.5. The number of hydrogen-bond donors (Lipinski definition) is 1. The van der Waals surface area contributed by atoms with Gasteiger partial charge in [0.15, 0.2) is 5.17 Å². The first-order valence-corrected chi connectivity index (χ1v) is 14.6. The Morgan fingerprint density at radius 1 is 0.917 bits per heavy atom. The third-order valence-electron chi connectivity index (χ3n) is 9.36. The molecule has 1 saturated heterocycles. The van der Waals surface area contributed by atoms with Crippen LogP contribution in [0.25, 0.3) is 17.2 Å². The van der Waals surface area contributed by atoms with E-state index in [4.69, 9.17) is 0 Å². The minimum Gasteiger partial charge on any atom is -0.508 e. The van der Waals surface area contributed by atoms with Crippen molar-refractivity contribution in [2.24, 2.45) is 22.7 Å². The van der Waals surface area contributed by atoms with Gasteiger partial charge in [-0.15, -0.1) is 0 Å². The lowest BCUT2D eigenvalue weighted by Gasteiger charge is -2.57. The number of phenols is 1. The summed E-state index contributed by atoms with van der Waals surface area (Å²) in [5.41, 5.74) is 4.62. The summed E-state index contributed by atoms with van der Waals surface area (Å²) in [6.45, 7) is 1.99. The van der Waals surface area contributed by atoms with Gasteiger partial charge >= 0.3 is 0 Å². The molecule has 0 spiro atoms. The Hall–Kier alpha value is -2.53. The standard InChI is InChI=1S/C31H34N2O2S/c34-27-8-7-25(16-26(27)31-17-21-11-22(18-31)13-23(12-21)19-31)24-6-4-5-20(14-24)15-28-29(35)32-30(36-28)33-9-2-1-3-10-33/h4-8,14-16,21-23,34H,1-3,9-13,17-19H2/b28-15-. The summed E-state index contributed by atoms with van der Waals surface area (Å²) in [5.74, 6) is 2.86. The molecule has 4 aliphatic carbocycles. The third kappa shape index (κ3) is 4.00. The molecule has 0 unspecified atom stereocenters. The molecule has 0 aromatic heterocycles. The van der Waals surface area contributed by atoms with Gasteiger partial charge in [-0.05, 0) is 134 Å². The smallest absolute Gasteiger partial charge is 0.286 e. The number of hydrogen-bond acceptors (Lipinski definition) is 4. The molecule has 5 heteroatoms. The topological polar surface area (TPSA) is 52.9 Å². The fourth-order valence-corrected chi connectivity index (χ4v) is 9.12. The van der Waals surface area contributed by atoms with Crippen LogP contribution in [0.5, 0.6) is 5.75 Å². The van der Waals surface area contributed by atoms with Crippen molar-refractivity contribution in [3.8, 4) is 16.9 Å². The third-order valence-corrected chi connectivity index (χ3v) is 10.4. The maximum absolute atomic E-state index is 12.6. The second-order valence-corrected chi connectivity index (χ2v) is 12.9. The largest absolute Gasteiger partial charge is 0.508 e. The number of amides is 1. The highest BCUT2D eigenvalue weighted by atomic mass is 32.2. The van der Waals surface area contributed by atoms with Gasteiger partial charge in [0.1, 0.15) is 5.75 Å². The van der Waals surface area contributed by atoms with Crippen LogP contribution < -0.4 is 0 Å². The number of amidine groups is 1. The molecule has 5 fully saturated rings. The number of likely N-dealkylation sites (tertiary alicyclic amines) is 1. The van der Waals surface area contributed by atoms with Gasteiger partial charge in [0, 0.05) is 18.7 Å². The lowest BCUT2D eigenvalue weighted by molar-refractivity contribution is -0.113. The van der Waals surface area contributed by atoms with E-state index in [2.05, 4.69) is 40.2 Å². The molecule has 6 aliphatic rings. The molecule has 2 heterocycles. The fourth-order valence-electron chi connectivity index (χ4n) is 8.16. The first-order valence-electron chi connectivity index (χ1n) is 13.8. The summed E-state index contributed by atoms with van der Waals surface area (Å²) >= 11 is 1.51. The van der Waals surface area contributed by atoms with Crippen LogP contribution in [0.4, 0.5) is 0 Å². The summed E-state index contributed by atoms with van der Waals surface area (Å²) < 4.78 is 0. The maximum Gasteiger partial charge on any atom is 0.286 e. The normalized spacial score (nSPS) is 32.4. The van der Waals surface area contributed by atoms with Crippen LogP contribution in [0.2, 0.25) is 0 Å². The molecule has 1 amide bonds. The van der Waals surface area contributed by atoms with Crippen LogP contribution in [-0.2, 0) is 10.2 Å². The quantitative estimate of drug-likeness (QED) is 0.464. The van der Waals surface area contributed by atoms with Gasteiger partial charge in [-0.1, -0.05) is 24.3 Å². The maximum atomic E-state index is 12.6. The summed E-state index contributed by atoms with van der Waals surface area (Å²) in [5, 5.41) is 11.8. The van der Waals surface area contributed by atoms with Crippen LogP contribution in [0.15, 0.2) is 52.4 Å². The number of nitrogens with zero attached hydrogens (tertiary/aromatic N) is 2. The molecule has 1 N–H and O–H groups in total. The molecule has 8 rings (SSSR count). The zero-order chi connectivity index (χ0) is 24.3. The van der Waals surface area contributed by atoms with Gasteiger partial charge in [-0.3, -0.25) is 4.79 Å². The minimum atomic E-state index is -0.125. The van der Waals surface area contributed by atoms with Gasteiger partial charge in [-0.2, -0.15) is 4.99 Å². The minimum absolute atomic E-state index is 0.125. The van der Waals surface area contributed by atoms with Crippen LogP contribution in [-0.4, -0.2) is 34.2 Å². The number of benzene rings is 2. The Balaban J connectivity index is 1.16. The summed E-state index contributed by atoms with van der Waals surface area (Å²) in [7, 11) is 0. The molecule has 4 nitrogen and oxygen atoms in total. The van der Waals surface area contributed by atoms with E-state index in [1.165, 1.54) is 75.1 Å². The molecular weight excluding hydrogens is 464 g/mol. The van der Waals surface area contributed by atoms with E-state index in [0.29, 0.717) is 10.7 Å². The van der Waals surface area contributed by atoms with Crippen molar-refractivity contribution in [1.82, 2.24) is 4.90 Å². The molecule has 0 atom stereocenters. The van der Waals surface area contributed by atoms with Gasteiger partial charge in [0.25, 0.3) is 5.91 Å². The summed E-state index contributed by atoms with van der Waals surface area (Å²) in [6, 6.07) is 14.6. The predicted octanol–water partition coefficient (Wildman–Crippen LogP) is 6.98. The van der Waals surface area contributed by atoms with E-state index < -0.39 is 0 Å². The highest BCUT2D eigenvalue weighted by molar-refractivity contribution is 8.18. The molecule has 2 aliphatic heterocycles. The zero-order valence-corrected chi connectivity index (χ0v) is 21.6. The molecular formula is C31H34N2O2S. The summed E-state index contributed by atoms with van der Waals surface area (Å²) in [4.78, 5) is 20.0. The number of phenolic OH excluding ortho intramolecular Hbond substituents is 1. The first kappa shape index (κ1) is 22.7. The van der Waals surface area contributed by atoms with Crippen molar-refractivity contribution >= 4 is 28.9 Å². The number of piperidine rings is 1. The Kier molecular flexibility index (Phi) is 5.53. The molecule has 186 valence electrons. The molecule has 36 heavy (non-hydrogen) atoms. The lowest BCUT2D eigenvalue weighted by Crippen LogP contribution is -2.48. The van der Waals surface area contributed by atoms with Crippen LogP contribution in [0.1, 0.15) is 68.9 Å². The number of thioether (sulfide) groups is 1. The molecule has 2 aromatic carbocycles. The van der Waals surface area contributed by atoms with Gasteiger partial charge in [0.2, 0.25) is 0 Å². The number of carbonyl (C=O) groups excluding carboxylic acids is 1. The van der Waals surface area contributed by atoms with E-state index >= 15 is 0 Å². The Morgan fingerprint density at radius 2 is 1.61 bits per heavy atom. The Morgan fingerprint density at radius 3 is 2.33 bits per heavy atom. The molecule has 4 saturated carbocycles. The van der Waals surface area contributed by atoms with Crippen molar-refractivity contribution in [2.75, 3.05) is 13.1 Å². The van der Waals surface area contributed by atoms with E-state index in [0.717, 1.165) is 52.7 Å². The van der Waals surface area contributed by atoms with Gasteiger partial charge in [0.05, 0.1) is 4.91 Å².